The maximum atomic E-state index is 11.7. The van der Waals surface area contributed by atoms with Crippen molar-refractivity contribution in [2.24, 2.45) is 11.1 Å². The monoisotopic (exact) mass is 311 g/mol. The van der Waals surface area contributed by atoms with Crippen LogP contribution < -0.4 is 16.2 Å². The molecule has 5 N–H and O–H groups in total. The highest BCUT2D eigenvalue weighted by Gasteiger charge is 2.22. The van der Waals surface area contributed by atoms with E-state index < -0.39 is 10.0 Å². The average Bonchev–Trinajstić information content (AvgIpc) is 2.57. The van der Waals surface area contributed by atoms with Crippen LogP contribution in [-0.4, -0.2) is 14.5 Å². The van der Waals surface area contributed by atoms with Crippen LogP contribution in [0.5, 0.6) is 0 Å². The Balaban J connectivity index is 2.33. The number of sulfonamides is 1. The molecule has 0 aliphatic heterocycles. The Morgan fingerprint density at radius 3 is 2.52 bits per heavy atom. The predicted octanol–water partition coefficient (Wildman–Crippen LogP) is 2.61. The summed E-state index contributed by atoms with van der Waals surface area (Å²) in [5.74, 6) is 0.561. The van der Waals surface area contributed by atoms with Crippen LogP contribution >= 0.6 is 0 Å². The van der Waals surface area contributed by atoms with Gasteiger partial charge in [0.05, 0.1) is 4.90 Å². The minimum atomic E-state index is -3.76. The van der Waals surface area contributed by atoms with Gasteiger partial charge in [-0.1, -0.05) is 26.2 Å². The number of hydrogen-bond donors (Lipinski definition) is 3. The molecule has 0 amide bonds. The summed E-state index contributed by atoms with van der Waals surface area (Å²) >= 11 is 0. The number of nitrogens with two attached hydrogens (primary N) is 2. The van der Waals surface area contributed by atoms with Crippen molar-refractivity contribution in [3.63, 3.8) is 0 Å². The standard InChI is InChI=1S/C15H25N3O2S/c1-10-6-4-3-5-7-13(10)18-14-8-12(16)9-15(11(14)2)21(17,19)20/h8-10,13,18H,3-7,16H2,1-2H3,(H2,17,19,20). The van der Waals surface area contributed by atoms with E-state index in [2.05, 4.69) is 12.2 Å². The molecular weight excluding hydrogens is 286 g/mol. The highest BCUT2D eigenvalue weighted by molar-refractivity contribution is 7.89. The Kier molecular flexibility index (Phi) is 4.78. The average molecular weight is 311 g/mol. The highest BCUT2D eigenvalue weighted by atomic mass is 32.2. The quantitative estimate of drug-likeness (QED) is 0.590. The molecule has 1 fully saturated rings. The van der Waals surface area contributed by atoms with E-state index in [1.165, 1.54) is 31.7 Å². The SMILES string of the molecule is Cc1c(NC2CCCCCC2C)cc(N)cc1S(N)(=O)=O. The van der Waals surface area contributed by atoms with Crippen molar-refractivity contribution in [3.8, 4) is 0 Å². The number of rotatable bonds is 3. The molecule has 1 aromatic carbocycles. The molecule has 118 valence electrons. The molecule has 1 aromatic rings. The molecule has 2 atom stereocenters. The van der Waals surface area contributed by atoms with E-state index in [4.69, 9.17) is 10.9 Å². The summed E-state index contributed by atoms with van der Waals surface area (Å²) < 4.78 is 23.3. The number of anilines is 2. The normalized spacial score (nSPS) is 23.6. The van der Waals surface area contributed by atoms with Gasteiger partial charge in [-0.3, -0.25) is 0 Å². The summed E-state index contributed by atoms with van der Waals surface area (Å²) in [6.07, 6.45) is 6.02. The molecule has 1 saturated carbocycles. The van der Waals surface area contributed by atoms with Crippen molar-refractivity contribution < 1.29 is 8.42 Å². The number of hydrogen-bond acceptors (Lipinski definition) is 4. The van der Waals surface area contributed by atoms with E-state index in [0.717, 1.165) is 12.1 Å². The van der Waals surface area contributed by atoms with Crippen molar-refractivity contribution in [2.45, 2.75) is 56.9 Å². The smallest absolute Gasteiger partial charge is 0.238 e. The molecular formula is C15H25N3O2S. The van der Waals surface area contributed by atoms with Crippen molar-refractivity contribution in [1.29, 1.82) is 0 Å². The van der Waals surface area contributed by atoms with Crippen molar-refractivity contribution in [1.82, 2.24) is 0 Å². The second-order valence-electron chi connectivity index (χ2n) is 6.10. The summed E-state index contributed by atoms with van der Waals surface area (Å²) in [5.41, 5.74) is 7.66. The zero-order valence-corrected chi connectivity index (χ0v) is 13.5. The first-order valence-electron chi connectivity index (χ1n) is 7.48. The van der Waals surface area contributed by atoms with Crippen molar-refractivity contribution in [3.05, 3.63) is 17.7 Å². The lowest BCUT2D eigenvalue weighted by Gasteiger charge is -2.25. The van der Waals surface area contributed by atoms with E-state index in [-0.39, 0.29) is 4.90 Å². The number of nitrogens with one attached hydrogen (secondary N) is 1. The van der Waals surface area contributed by atoms with Gasteiger partial charge in [-0.05, 0) is 43.4 Å². The van der Waals surface area contributed by atoms with Gasteiger partial charge >= 0.3 is 0 Å². The molecule has 1 aliphatic rings. The number of nitrogen functional groups attached to an aromatic ring is 1. The predicted molar refractivity (Wildman–Crippen MR) is 86.6 cm³/mol. The molecule has 5 nitrogen and oxygen atoms in total. The molecule has 0 saturated heterocycles. The fourth-order valence-electron chi connectivity index (χ4n) is 3.06. The molecule has 0 heterocycles. The molecule has 0 spiro atoms. The van der Waals surface area contributed by atoms with Crippen LogP contribution in [0, 0.1) is 12.8 Å². The van der Waals surface area contributed by atoms with Crippen LogP contribution in [0.15, 0.2) is 17.0 Å². The summed E-state index contributed by atoms with van der Waals surface area (Å²) in [6, 6.07) is 3.56. The third-order valence-electron chi connectivity index (χ3n) is 4.39. The third kappa shape index (κ3) is 3.89. The fraction of sp³-hybridized carbons (Fsp3) is 0.600. The zero-order chi connectivity index (χ0) is 15.6. The lowest BCUT2D eigenvalue weighted by Crippen LogP contribution is -2.27. The molecule has 21 heavy (non-hydrogen) atoms. The fourth-order valence-corrected chi connectivity index (χ4v) is 3.90. The van der Waals surface area contributed by atoms with Gasteiger partial charge in [0, 0.05) is 17.4 Å². The van der Waals surface area contributed by atoms with Gasteiger partial charge in [0.1, 0.15) is 0 Å². The van der Waals surface area contributed by atoms with Gasteiger partial charge in [-0.2, -0.15) is 0 Å². The first-order valence-corrected chi connectivity index (χ1v) is 9.03. The van der Waals surface area contributed by atoms with Crippen LogP contribution in [0.2, 0.25) is 0 Å². The maximum Gasteiger partial charge on any atom is 0.238 e. The van der Waals surface area contributed by atoms with Gasteiger partial charge in [-0.25, -0.2) is 13.6 Å². The second-order valence-corrected chi connectivity index (χ2v) is 7.63. The summed E-state index contributed by atoms with van der Waals surface area (Å²) in [4.78, 5) is 0.103. The molecule has 0 bridgehead atoms. The van der Waals surface area contributed by atoms with Crippen molar-refractivity contribution >= 4 is 21.4 Å². The van der Waals surface area contributed by atoms with E-state index in [0.29, 0.717) is 23.2 Å². The highest BCUT2D eigenvalue weighted by Crippen LogP contribution is 2.30. The topological polar surface area (TPSA) is 98.2 Å². The van der Waals surface area contributed by atoms with Crippen LogP contribution in [0.4, 0.5) is 11.4 Å². The Labute approximate surface area is 127 Å². The summed E-state index contributed by atoms with van der Waals surface area (Å²) in [6.45, 7) is 4.01. The van der Waals surface area contributed by atoms with E-state index in [1.807, 2.05) is 0 Å². The largest absolute Gasteiger partial charge is 0.399 e. The van der Waals surface area contributed by atoms with Gasteiger partial charge in [0.25, 0.3) is 0 Å². The lowest BCUT2D eigenvalue weighted by atomic mass is 9.96. The minimum absolute atomic E-state index is 0.103. The van der Waals surface area contributed by atoms with Crippen LogP contribution in [0.25, 0.3) is 0 Å². The first-order chi connectivity index (χ1) is 9.79. The van der Waals surface area contributed by atoms with Crippen molar-refractivity contribution in [2.75, 3.05) is 11.1 Å². The van der Waals surface area contributed by atoms with E-state index in [1.54, 1.807) is 13.0 Å². The number of benzene rings is 1. The Bertz CT molecular complexity index is 614. The molecule has 6 heteroatoms. The zero-order valence-electron chi connectivity index (χ0n) is 12.7. The van der Waals surface area contributed by atoms with Gasteiger partial charge in [-0.15, -0.1) is 0 Å². The van der Waals surface area contributed by atoms with Gasteiger partial charge in [0.2, 0.25) is 10.0 Å². The second kappa shape index (κ2) is 6.23. The van der Waals surface area contributed by atoms with Gasteiger partial charge in [0.15, 0.2) is 0 Å². The molecule has 2 rings (SSSR count). The van der Waals surface area contributed by atoms with Crippen LogP contribution in [0.1, 0.15) is 44.6 Å². The lowest BCUT2D eigenvalue weighted by molar-refractivity contribution is 0.456. The Hall–Kier alpha value is -1.27. The molecule has 1 aliphatic carbocycles. The molecule has 0 radical (unpaired) electrons. The van der Waals surface area contributed by atoms with E-state index >= 15 is 0 Å². The molecule has 0 aromatic heterocycles. The Morgan fingerprint density at radius 2 is 1.86 bits per heavy atom. The van der Waals surface area contributed by atoms with Crippen LogP contribution in [0.3, 0.4) is 0 Å². The maximum absolute atomic E-state index is 11.7. The minimum Gasteiger partial charge on any atom is -0.399 e. The Morgan fingerprint density at radius 1 is 1.19 bits per heavy atom. The first kappa shape index (κ1) is 16.1. The summed E-state index contributed by atoms with van der Waals surface area (Å²) in [7, 11) is -3.76. The van der Waals surface area contributed by atoms with Crippen LogP contribution in [-0.2, 0) is 10.0 Å². The van der Waals surface area contributed by atoms with E-state index in [9.17, 15) is 8.42 Å². The number of primary sulfonamides is 1. The molecule has 2 unspecified atom stereocenters. The summed E-state index contributed by atoms with van der Waals surface area (Å²) in [5, 5.41) is 8.76. The third-order valence-corrected chi connectivity index (χ3v) is 5.43. The van der Waals surface area contributed by atoms with Gasteiger partial charge < -0.3 is 11.1 Å².